The third-order valence-electron chi connectivity index (χ3n) is 3.98. The molecule has 1 N–H and O–H groups in total. The predicted octanol–water partition coefficient (Wildman–Crippen LogP) is 5.68. The Kier molecular flexibility index (Phi) is 5.28. The highest BCUT2D eigenvalue weighted by Crippen LogP contribution is 2.32. The molecule has 1 amide bonds. The van der Waals surface area contributed by atoms with Crippen LogP contribution in [-0.2, 0) is 4.79 Å². The SMILES string of the molecule is O=C(/C=C/c1ccc(-c2cc(Cl)cc(Cl)c2)o1)Nc1ccc2c(c1)OCCO2. The van der Waals surface area contributed by atoms with E-state index in [0.717, 1.165) is 5.56 Å². The van der Waals surface area contributed by atoms with E-state index in [9.17, 15) is 4.79 Å². The Morgan fingerprint density at radius 2 is 1.68 bits per heavy atom. The maximum Gasteiger partial charge on any atom is 0.248 e. The molecular formula is C21H15Cl2NO4. The number of hydrogen-bond acceptors (Lipinski definition) is 4. The van der Waals surface area contributed by atoms with E-state index in [1.54, 1.807) is 54.6 Å². The van der Waals surface area contributed by atoms with Gasteiger partial charge in [-0.1, -0.05) is 23.2 Å². The molecule has 3 aromatic rings. The molecule has 1 aliphatic heterocycles. The van der Waals surface area contributed by atoms with Crippen molar-refractivity contribution in [1.82, 2.24) is 0 Å². The van der Waals surface area contributed by atoms with E-state index < -0.39 is 0 Å². The van der Waals surface area contributed by atoms with Crippen LogP contribution in [0.15, 0.2) is 59.0 Å². The fourth-order valence-electron chi connectivity index (χ4n) is 2.76. The molecule has 1 aromatic heterocycles. The summed E-state index contributed by atoms with van der Waals surface area (Å²) in [6.45, 7) is 1.01. The highest BCUT2D eigenvalue weighted by atomic mass is 35.5. The number of hydrogen-bond donors (Lipinski definition) is 1. The number of carbonyl (C=O) groups is 1. The number of ether oxygens (including phenoxy) is 2. The van der Waals surface area contributed by atoms with Crippen molar-refractivity contribution in [2.24, 2.45) is 0 Å². The Bertz CT molecular complexity index is 1040. The van der Waals surface area contributed by atoms with Gasteiger partial charge in [0, 0.05) is 33.4 Å². The zero-order valence-corrected chi connectivity index (χ0v) is 16.1. The van der Waals surface area contributed by atoms with E-state index in [4.69, 9.17) is 37.1 Å². The van der Waals surface area contributed by atoms with E-state index >= 15 is 0 Å². The monoisotopic (exact) mass is 415 g/mol. The predicted molar refractivity (Wildman–Crippen MR) is 109 cm³/mol. The number of benzene rings is 2. The fraction of sp³-hybridized carbons (Fsp3) is 0.0952. The quantitative estimate of drug-likeness (QED) is 0.557. The Balaban J connectivity index is 1.43. The van der Waals surface area contributed by atoms with Crippen LogP contribution in [0.2, 0.25) is 10.0 Å². The van der Waals surface area contributed by atoms with Crippen molar-refractivity contribution in [2.45, 2.75) is 0 Å². The van der Waals surface area contributed by atoms with Crippen molar-refractivity contribution < 1.29 is 18.7 Å². The third kappa shape index (κ3) is 4.32. The number of amides is 1. The lowest BCUT2D eigenvalue weighted by Gasteiger charge is -2.18. The van der Waals surface area contributed by atoms with Gasteiger partial charge in [0.25, 0.3) is 0 Å². The molecule has 2 aromatic carbocycles. The maximum atomic E-state index is 12.2. The molecule has 7 heteroatoms. The number of fused-ring (bicyclic) bond motifs is 1. The molecule has 0 bridgehead atoms. The maximum absolute atomic E-state index is 12.2. The number of nitrogens with one attached hydrogen (secondary N) is 1. The summed E-state index contributed by atoms with van der Waals surface area (Å²) in [4.78, 5) is 12.2. The number of anilines is 1. The number of carbonyl (C=O) groups excluding carboxylic acids is 1. The lowest BCUT2D eigenvalue weighted by molar-refractivity contribution is -0.111. The topological polar surface area (TPSA) is 60.7 Å². The van der Waals surface area contributed by atoms with Crippen LogP contribution in [0.4, 0.5) is 5.69 Å². The summed E-state index contributed by atoms with van der Waals surface area (Å²) in [5, 5.41) is 3.82. The Hall–Kier alpha value is -2.89. The van der Waals surface area contributed by atoms with Crippen LogP contribution in [0, 0.1) is 0 Å². The van der Waals surface area contributed by atoms with Gasteiger partial charge in [-0.25, -0.2) is 0 Å². The largest absolute Gasteiger partial charge is 0.486 e. The highest BCUT2D eigenvalue weighted by molar-refractivity contribution is 6.35. The molecule has 0 atom stereocenters. The molecule has 142 valence electrons. The fourth-order valence-corrected chi connectivity index (χ4v) is 3.28. The summed E-state index contributed by atoms with van der Waals surface area (Å²) >= 11 is 12.0. The van der Waals surface area contributed by atoms with Crippen LogP contribution >= 0.6 is 23.2 Å². The van der Waals surface area contributed by atoms with Crippen LogP contribution in [-0.4, -0.2) is 19.1 Å². The minimum absolute atomic E-state index is 0.291. The molecular weight excluding hydrogens is 401 g/mol. The molecule has 0 aliphatic carbocycles. The smallest absolute Gasteiger partial charge is 0.248 e. The summed E-state index contributed by atoms with van der Waals surface area (Å²) in [6, 6.07) is 14.0. The van der Waals surface area contributed by atoms with Gasteiger partial charge >= 0.3 is 0 Å². The lowest BCUT2D eigenvalue weighted by Crippen LogP contribution is -2.16. The summed E-state index contributed by atoms with van der Waals surface area (Å²) in [5.74, 6) is 2.13. The highest BCUT2D eigenvalue weighted by Gasteiger charge is 2.12. The molecule has 28 heavy (non-hydrogen) atoms. The minimum Gasteiger partial charge on any atom is -0.486 e. The normalized spacial score (nSPS) is 12.9. The van der Waals surface area contributed by atoms with Crippen molar-refractivity contribution in [1.29, 1.82) is 0 Å². The van der Waals surface area contributed by atoms with Crippen LogP contribution in [0.25, 0.3) is 17.4 Å². The van der Waals surface area contributed by atoms with E-state index in [1.807, 2.05) is 0 Å². The van der Waals surface area contributed by atoms with Crippen LogP contribution in [0.3, 0.4) is 0 Å². The zero-order valence-electron chi connectivity index (χ0n) is 14.6. The first-order chi connectivity index (χ1) is 13.6. The number of rotatable bonds is 4. The van der Waals surface area contributed by atoms with Gasteiger partial charge < -0.3 is 19.2 Å². The van der Waals surface area contributed by atoms with E-state index in [2.05, 4.69) is 5.32 Å². The second-order valence-electron chi connectivity index (χ2n) is 6.04. The standard InChI is InChI=1S/C21H15Cl2NO4/c22-14-9-13(10-15(23)11-14)18-5-2-17(28-18)3-6-21(25)24-16-1-4-19-20(12-16)27-8-7-26-19/h1-6,9-12H,7-8H2,(H,24,25)/b6-3+. The van der Waals surface area contributed by atoms with Gasteiger partial charge in [0.1, 0.15) is 24.7 Å². The van der Waals surface area contributed by atoms with E-state index in [-0.39, 0.29) is 5.91 Å². The zero-order chi connectivity index (χ0) is 19.5. The Labute approximate surface area is 171 Å². The first kappa shape index (κ1) is 18.5. The second kappa shape index (κ2) is 8.00. The number of furan rings is 1. The molecule has 0 fully saturated rings. The van der Waals surface area contributed by atoms with Gasteiger partial charge in [-0.05, 0) is 48.5 Å². The van der Waals surface area contributed by atoms with Crippen molar-refractivity contribution >= 4 is 40.9 Å². The van der Waals surface area contributed by atoms with Crippen molar-refractivity contribution in [2.75, 3.05) is 18.5 Å². The average molecular weight is 416 g/mol. The van der Waals surface area contributed by atoms with Crippen molar-refractivity contribution in [3.05, 3.63) is 70.4 Å². The molecule has 0 saturated heterocycles. The molecule has 0 radical (unpaired) electrons. The molecule has 4 rings (SSSR count). The average Bonchev–Trinajstić information content (AvgIpc) is 3.15. The number of halogens is 2. The van der Waals surface area contributed by atoms with Gasteiger partial charge in [-0.15, -0.1) is 0 Å². The van der Waals surface area contributed by atoms with E-state index in [1.165, 1.54) is 6.08 Å². The van der Waals surface area contributed by atoms with Gasteiger partial charge in [-0.3, -0.25) is 4.79 Å². The summed E-state index contributed by atoms with van der Waals surface area (Å²) in [6.07, 6.45) is 2.98. The Morgan fingerprint density at radius 1 is 0.929 bits per heavy atom. The van der Waals surface area contributed by atoms with Crippen LogP contribution in [0.5, 0.6) is 11.5 Å². The van der Waals surface area contributed by atoms with Gasteiger partial charge in [-0.2, -0.15) is 0 Å². The molecule has 1 aliphatic rings. The molecule has 2 heterocycles. The third-order valence-corrected chi connectivity index (χ3v) is 4.42. The second-order valence-corrected chi connectivity index (χ2v) is 6.91. The molecule has 5 nitrogen and oxygen atoms in total. The first-order valence-corrected chi connectivity index (χ1v) is 9.27. The molecule has 0 unspecified atom stereocenters. The van der Waals surface area contributed by atoms with Gasteiger partial charge in [0.2, 0.25) is 5.91 Å². The van der Waals surface area contributed by atoms with Crippen molar-refractivity contribution in [3.8, 4) is 22.8 Å². The summed E-state index contributed by atoms with van der Waals surface area (Å²) in [7, 11) is 0. The summed E-state index contributed by atoms with van der Waals surface area (Å²) in [5.41, 5.74) is 1.38. The minimum atomic E-state index is -0.291. The van der Waals surface area contributed by atoms with E-state index in [0.29, 0.717) is 52.0 Å². The van der Waals surface area contributed by atoms with Gasteiger partial charge in [0.15, 0.2) is 11.5 Å². The van der Waals surface area contributed by atoms with Crippen molar-refractivity contribution in [3.63, 3.8) is 0 Å². The Morgan fingerprint density at radius 3 is 2.46 bits per heavy atom. The molecule has 0 saturated carbocycles. The molecule has 0 spiro atoms. The lowest BCUT2D eigenvalue weighted by atomic mass is 10.2. The van der Waals surface area contributed by atoms with Crippen LogP contribution < -0.4 is 14.8 Å². The summed E-state index contributed by atoms with van der Waals surface area (Å²) < 4.78 is 16.7. The van der Waals surface area contributed by atoms with Crippen LogP contribution in [0.1, 0.15) is 5.76 Å². The van der Waals surface area contributed by atoms with Gasteiger partial charge in [0.05, 0.1) is 0 Å². The first-order valence-electron chi connectivity index (χ1n) is 8.52.